The van der Waals surface area contributed by atoms with Gasteiger partial charge in [0.15, 0.2) is 0 Å². The Bertz CT molecular complexity index is 734. The average molecular weight is 364 g/mol. The maximum atomic E-state index is 13.1. The lowest BCUT2D eigenvalue weighted by atomic mass is 10.2. The molecule has 1 heterocycles. The molecule has 7 heteroatoms. The van der Waals surface area contributed by atoms with E-state index in [1.54, 1.807) is 0 Å². The first-order valence-electron chi connectivity index (χ1n) is 8.03. The highest BCUT2D eigenvalue weighted by Gasteiger charge is 2.11. The minimum Gasteiger partial charge on any atom is -0.378 e. The number of benzene rings is 2. The molecule has 1 saturated heterocycles. The van der Waals surface area contributed by atoms with Crippen LogP contribution in [0.5, 0.6) is 0 Å². The largest absolute Gasteiger partial charge is 0.378 e. The summed E-state index contributed by atoms with van der Waals surface area (Å²) < 4.78 is 18.4. The van der Waals surface area contributed by atoms with Gasteiger partial charge in [-0.1, -0.05) is 11.6 Å². The summed E-state index contributed by atoms with van der Waals surface area (Å²) in [6, 6.07) is 11.9. The fourth-order valence-electron chi connectivity index (χ4n) is 2.57. The van der Waals surface area contributed by atoms with Gasteiger partial charge in [-0.15, -0.1) is 0 Å². The van der Waals surface area contributed by atoms with Crippen molar-refractivity contribution >= 4 is 34.6 Å². The minimum absolute atomic E-state index is 0.0177. The van der Waals surface area contributed by atoms with E-state index in [0.717, 1.165) is 37.7 Å². The number of hydrogen-bond acceptors (Lipinski definition) is 4. The lowest BCUT2D eigenvalue weighted by Crippen LogP contribution is -2.36. The molecule has 1 aliphatic heterocycles. The van der Waals surface area contributed by atoms with Crippen molar-refractivity contribution in [1.29, 1.82) is 0 Å². The molecule has 0 spiro atoms. The summed E-state index contributed by atoms with van der Waals surface area (Å²) in [5, 5.41) is 5.74. The van der Waals surface area contributed by atoms with Crippen LogP contribution in [0.2, 0.25) is 5.02 Å². The van der Waals surface area contributed by atoms with E-state index in [9.17, 15) is 9.18 Å². The molecule has 0 aromatic heterocycles. The third-order valence-electron chi connectivity index (χ3n) is 3.90. The van der Waals surface area contributed by atoms with Gasteiger partial charge in [0.2, 0.25) is 5.91 Å². The average Bonchev–Trinajstić information content (AvgIpc) is 2.64. The van der Waals surface area contributed by atoms with Crippen LogP contribution in [-0.4, -0.2) is 38.8 Å². The summed E-state index contributed by atoms with van der Waals surface area (Å²) >= 11 is 5.71. The van der Waals surface area contributed by atoms with Gasteiger partial charge in [-0.25, -0.2) is 4.39 Å². The van der Waals surface area contributed by atoms with E-state index in [1.165, 1.54) is 18.2 Å². The van der Waals surface area contributed by atoms with E-state index in [2.05, 4.69) is 15.5 Å². The third kappa shape index (κ3) is 4.84. The summed E-state index contributed by atoms with van der Waals surface area (Å²) in [5.41, 5.74) is 2.42. The molecule has 0 radical (unpaired) electrons. The Morgan fingerprint density at radius 3 is 2.48 bits per heavy atom. The number of anilines is 3. The number of nitrogens with one attached hydrogen (secondary N) is 2. The van der Waals surface area contributed by atoms with E-state index in [1.807, 2.05) is 24.3 Å². The fraction of sp³-hybridized carbons (Fsp3) is 0.278. The topological polar surface area (TPSA) is 53.6 Å². The zero-order chi connectivity index (χ0) is 17.6. The van der Waals surface area contributed by atoms with Crippen molar-refractivity contribution in [2.24, 2.45) is 0 Å². The maximum absolute atomic E-state index is 13.1. The first-order valence-corrected chi connectivity index (χ1v) is 8.41. The second kappa shape index (κ2) is 8.18. The molecule has 1 aliphatic rings. The number of amides is 1. The molecule has 0 aliphatic carbocycles. The van der Waals surface area contributed by atoms with Gasteiger partial charge in [-0.2, -0.15) is 0 Å². The van der Waals surface area contributed by atoms with E-state index >= 15 is 0 Å². The van der Waals surface area contributed by atoms with Gasteiger partial charge in [0.05, 0.1) is 24.8 Å². The van der Waals surface area contributed by atoms with Crippen molar-refractivity contribution in [2.45, 2.75) is 0 Å². The van der Waals surface area contributed by atoms with Gasteiger partial charge in [0, 0.05) is 30.2 Å². The number of rotatable bonds is 5. The van der Waals surface area contributed by atoms with Gasteiger partial charge < -0.3 is 20.3 Å². The van der Waals surface area contributed by atoms with Crippen molar-refractivity contribution < 1.29 is 13.9 Å². The summed E-state index contributed by atoms with van der Waals surface area (Å²) in [7, 11) is 0. The zero-order valence-electron chi connectivity index (χ0n) is 13.6. The number of morpholine rings is 1. The van der Waals surface area contributed by atoms with E-state index in [-0.39, 0.29) is 17.5 Å². The number of nitrogens with zero attached hydrogens (tertiary/aromatic N) is 1. The van der Waals surface area contributed by atoms with Crippen LogP contribution in [0.1, 0.15) is 0 Å². The number of carbonyl (C=O) groups is 1. The molecule has 2 N–H and O–H groups in total. The summed E-state index contributed by atoms with van der Waals surface area (Å²) in [5.74, 6) is -0.684. The standard InChI is InChI=1S/C18H19ClFN3O2/c19-16-11-14(3-6-17(16)20)21-12-18(24)22-13-1-4-15(5-2-13)23-7-9-25-10-8-23/h1-6,11,21H,7-10,12H2,(H,22,24). The Balaban J connectivity index is 1.51. The van der Waals surface area contributed by atoms with Crippen molar-refractivity contribution in [2.75, 3.05) is 48.4 Å². The summed E-state index contributed by atoms with van der Waals surface area (Å²) in [6.07, 6.45) is 0. The van der Waals surface area contributed by atoms with Crippen LogP contribution in [0.3, 0.4) is 0 Å². The van der Waals surface area contributed by atoms with Gasteiger partial charge in [-0.3, -0.25) is 4.79 Å². The molecule has 2 aromatic carbocycles. The molecule has 5 nitrogen and oxygen atoms in total. The second-order valence-electron chi connectivity index (χ2n) is 5.68. The molecular weight excluding hydrogens is 345 g/mol. The maximum Gasteiger partial charge on any atom is 0.243 e. The van der Waals surface area contributed by atoms with Crippen LogP contribution in [0, 0.1) is 5.82 Å². The molecule has 0 bridgehead atoms. The predicted molar refractivity (Wildman–Crippen MR) is 98.0 cm³/mol. The lowest BCUT2D eigenvalue weighted by Gasteiger charge is -2.28. The minimum atomic E-state index is -0.489. The highest BCUT2D eigenvalue weighted by atomic mass is 35.5. The van der Waals surface area contributed by atoms with Crippen molar-refractivity contribution in [3.63, 3.8) is 0 Å². The summed E-state index contributed by atoms with van der Waals surface area (Å²) in [6.45, 7) is 3.27. The van der Waals surface area contributed by atoms with Crippen LogP contribution >= 0.6 is 11.6 Å². The molecule has 132 valence electrons. The van der Waals surface area contributed by atoms with Crippen LogP contribution in [0.15, 0.2) is 42.5 Å². The molecule has 0 atom stereocenters. The number of halogens is 2. The SMILES string of the molecule is O=C(CNc1ccc(F)c(Cl)c1)Nc1ccc(N2CCOCC2)cc1. The van der Waals surface area contributed by atoms with Crippen LogP contribution in [0.4, 0.5) is 21.5 Å². The Hall–Kier alpha value is -2.31. The molecule has 25 heavy (non-hydrogen) atoms. The van der Waals surface area contributed by atoms with Crippen molar-refractivity contribution in [3.8, 4) is 0 Å². The quantitative estimate of drug-likeness (QED) is 0.855. The smallest absolute Gasteiger partial charge is 0.243 e. The van der Waals surface area contributed by atoms with Crippen LogP contribution < -0.4 is 15.5 Å². The highest BCUT2D eigenvalue weighted by Crippen LogP contribution is 2.20. The number of carbonyl (C=O) groups excluding carboxylic acids is 1. The lowest BCUT2D eigenvalue weighted by molar-refractivity contribution is -0.114. The first kappa shape index (κ1) is 17.5. The zero-order valence-corrected chi connectivity index (χ0v) is 14.4. The number of hydrogen-bond donors (Lipinski definition) is 2. The first-order chi connectivity index (χ1) is 12.1. The highest BCUT2D eigenvalue weighted by molar-refractivity contribution is 6.31. The Kier molecular flexibility index (Phi) is 5.73. The Morgan fingerprint density at radius 2 is 1.80 bits per heavy atom. The molecule has 0 saturated carbocycles. The van der Waals surface area contributed by atoms with Crippen LogP contribution in [0.25, 0.3) is 0 Å². The van der Waals surface area contributed by atoms with E-state index in [0.29, 0.717) is 5.69 Å². The molecule has 3 rings (SSSR count). The molecule has 1 fully saturated rings. The van der Waals surface area contributed by atoms with E-state index in [4.69, 9.17) is 16.3 Å². The van der Waals surface area contributed by atoms with Gasteiger partial charge >= 0.3 is 0 Å². The fourth-order valence-corrected chi connectivity index (χ4v) is 2.75. The molecule has 1 amide bonds. The van der Waals surface area contributed by atoms with Crippen molar-refractivity contribution in [1.82, 2.24) is 0 Å². The number of ether oxygens (including phenoxy) is 1. The molecule has 2 aromatic rings. The monoisotopic (exact) mass is 363 g/mol. The molecular formula is C18H19ClFN3O2. The van der Waals surface area contributed by atoms with Gasteiger partial charge in [0.1, 0.15) is 5.82 Å². The van der Waals surface area contributed by atoms with Crippen molar-refractivity contribution in [3.05, 3.63) is 53.3 Å². The molecule has 0 unspecified atom stereocenters. The normalized spacial score (nSPS) is 14.2. The predicted octanol–water partition coefficient (Wildman–Crippen LogP) is 3.37. The Labute approximate surface area is 150 Å². The second-order valence-corrected chi connectivity index (χ2v) is 6.08. The third-order valence-corrected chi connectivity index (χ3v) is 4.19. The van der Waals surface area contributed by atoms with Gasteiger partial charge in [-0.05, 0) is 42.5 Å². The van der Waals surface area contributed by atoms with E-state index < -0.39 is 5.82 Å². The Morgan fingerprint density at radius 1 is 1.12 bits per heavy atom. The summed E-state index contributed by atoms with van der Waals surface area (Å²) in [4.78, 5) is 14.3. The van der Waals surface area contributed by atoms with Gasteiger partial charge in [0.25, 0.3) is 0 Å². The van der Waals surface area contributed by atoms with Crippen LogP contribution in [-0.2, 0) is 9.53 Å².